The molecule has 0 aliphatic carbocycles. The summed E-state index contributed by atoms with van der Waals surface area (Å²) in [5, 5.41) is 0.656. The van der Waals surface area contributed by atoms with Crippen LogP contribution in [0.1, 0.15) is 11.3 Å². The first kappa shape index (κ1) is 19.1. The molecular formula is C19H13F3N4O2S. The maximum Gasteiger partial charge on any atom is 0.431 e. The molecule has 1 aromatic carbocycles. The van der Waals surface area contributed by atoms with Crippen molar-refractivity contribution in [1.82, 2.24) is 18.5 Å². The molecule has 0 aliphatic heterocycles. The summed E-state index contributed by atoms with van der Waals surface area (Å²) >= 11 is 1.23. The molecule has 3 heterocycles. The largest absolute Gasteiger partial charge is 0.431 e. The normalized spacial score (nSPS) is 11.9. The van der Waals surface area contributed by atoms with E-state index in [-0.39, 0.29) is 5.69 Å². The number of rotatable bonds is 2. The number of hydrogen-bond donors (Lipinski definition) is 0. The van der Waals surface area contributed by atoms with Gasteiger partial charge in [0.1, 0.15) is 11.4 Å². The summed E-state index contributed by atoms with van der Waals surface area (Å²) in [5.74, 6) is 0. The van der Waals surface area contributed by atoms with Crippen LogP contribution in [0.2, 0.25) is 0 Å². The standard InChI is InChI=1S/C19H13F3N4O2S/c1-10-4-3-7-23-16(10)17-12-8-11(5-6-13(12)29-24-17)26-15(27)9-14(19(20,21)22)25(2)18(26)28/h3-9H,1-2H3. The Balaban J connectivity index is 1.96. The Hall–Kier alpha value is -3.27. The number of aryl methyl sites for hydroxylation is 1. The topological polar surface area (TPSA) is 69.8 Å². The Bertz CT molecular complexity index is 1370. The van der Waals surface area contributed by atoms with Crippen LogP contribution in [-0.4, -0.2) is 18.5 Å². The molecule has 4 aromatic rings. The third kappa shape index (κ3) is 3.15. The summed E-state index contributed by atoms with van der Waals surface area (Å²) in [7, 11) is 0.981. The maximum atomic E-state index is 13.1. The minimum Gasteiger partial charge on any atom is -0.292 e. The third-order valence-corrected chi connectivity index (χ3v) is 5.38. The molecule has 4 rings (SSSR count). The van der Waals surface area contributed by atoms with Gasteiger partial charge in [0.05, 0.1) is 16.1 Å². The molecule has 29 heavy (non-hydrogen) atoms. The monoisotopic (exact) mass is 418 g/mol. The van der Waals surface area contributed by atoms with Crippen LogP contribution in [0.4, 0.5) is 13.2 Å². The molecule has 6 nitrogen and oxygen atoms in total. The molecule has 0 amide bonds. The van der Waals surface area contributed by atoms with Crippen LogP contribution in [0.3, 0.4) is 0 Å². The van der Waals surface area contributed by atoms with E-state index in [1.807, 2.05) is 13.0 Å². The average Bonchev–Trinajstić information content (AvgIpc) is 3.07. The van der Waals surface area contributed by atoms with Crippen LogP contribution in [-0.2, 0) is 13.2 Å². The average molecular weight is 418 g/mol. The van der Waals surface area contributed by atoms with E-state index in [9.17, 15) is 22.8 Å². The first-order chi connectivity index (χ1) is 13.7. The van der Waals surface area contributed by atoms with Gasteiger partial charge in [-0.2, -0.15) is 17.5 Å². The lowest BCUT2D eigenvalue weighted by Gasteiger charge is -2.14. The Morgan fingerprint density at radius 2 is 1.83 bits per heavy atom. The van der Waals surface area contributed by atoms with Crippen LogP contribution in [0.15, 0.2) is 52.2 Å². The fraction of sp³-hybridized carbons (Fsp3) is 0.158. The molecule has 0 bridgehead atoms. The van der Waals surface area contributed by atoms with Crippen molar-refractivity contribution >= 4 is 21.6 Å². The number of pyridine rings is 1. The minimum absolute atomic E-state index is 0.159. The highest BCUT2D eigenvalue weighted by molar-refractivity contribution is 7.13. The molecule has 0 fully saturated rings. The molecule has 0 aliphatic rings. The highest BCUT2D eigenvalue weighted by atomic mass is 32.1. The summed E-state index contributed by atoms with van der Waals surface area (Å²) in [6.45, 7) is 1.88. The summed E-state index contributed by atoms with van der Waals surface area (Å²) in [4.78, 5) is 29.3. The molecule has 0 spiro atoms. The van der Waals surface area contributed by atoms with E-state index < -0.39 is 23.1 Å². The fourth-order valence-corrected chi connectivity index (χ4v) is 3.86. The number of nitrogens with zero attached hydrogens (tertiary/aromatic N) is 4. The quantitative estimate of drug-likeness (QED) is 0.499. The highest BCUT2D eigenvalue weighted by Gasteiger charge is 2.35. The molecule has 3 aromatic heterocycles. The van der Waals surface area contributed by atoms with Crippen LogP contribution >= 0.6 is 11.5 Å². The van der Waals surface area contributed by atoms with Crippen LogP contribution < -0.4 is 11.2 Å². The first-order valence-electron chi connectivity index (χ1n) is 8.40. The molecule has 0 unspecified atom stereocenters. The fourth-order valence-electron chi connectivity index (χ4n) is 3.11. The predicted molar refractivity (Wildman–Crippen MR) is 103 cm³/mol. The van der Waals surface area contributed by atoms with Gasteiger partial charge in [0, 0.05) is 24.7 Å². The van der Waals surface area contributed by atoms with Crippen molar-refractivity contribution in [2.75, 3.05) is 0 Å². The van der Waals surface area contributed by atoms with E-state index >= 15 is 0 Å². The van der Waals surface area contributed by atoms with Gasteiger partial charge >= 0.3 is 11.9 Å². The smallest absolute Gasteiger partial charge is 0.292 e. The van der Waals surface area contributed by atoms with E-state index in [4.69, 9.17) is 0 Å². The molecule has 0 atom stereocenters. The van der Waals surface area contributed by atoms with Crippen LogP contribution in [0, 0.1) is 6.92 Å². The van der Waals surface area contributed by atoms with Gasteiger partial charge in [-0.15, -0.1) is 0 Å². The Morgan fingerprint density at radius 1 is 1.07 bits per heavy atom. The Labute approximate surface area is 165 Å². The first-order valence-corrected chi connectivity index (χ1v) is 9.18. The second kappa shape index (κ2) is 6.66. The molecule has 0 radical (unpaired) electrons. The van der Waals surface area contributed by atoms with E-state index in [0.717, 1.165) is 17.3 Å². The Morgan fingerprint density at radius 3 is 2.52 bits per heavy atom. The van der Waals surface area contributed by atoms with Gasteiger partial charge < -0.3 is 0 Å². The Kier molecular flexibility index (Phi) is 4.38. The van der Waals surface area contributed by atoms with Gasteiger partial charge in [0.15, 0.2) is 0 Å². The van der Waals surface area contributed by atoms with Gasteiger partial charge in [-0.3, -0.25) is 14.3 Å². The maximum absolute atomic E-state index is 13.1. The second-order valence-corrected chi connectivity index (χ2v) is 7.23. The predicted octanol–water partition coefficient (Wildman–Crippen LogP) is 3.54. The van der Waals surface area contributed by atoms with Crippen LogP contribution in [0.25, 0.3) is 27.2 Å². The van der Waals surface area contributed by atoms with Crippen molar-refractivity contribution < 1.29 is 13.2 Å². The van der Waals surface area contributed by atoms with Crippen molar-refractivity contribution in [3.63, 3.8) is 0 Å². The van der Waals surface area contributed by atoms with E-state index in [0.29, 0.717) is 32.0 Å². The zero-order chi connectivity index (χ0) is 20.9. The number of hydrogen-bond acceptors (Lipinski definition) is 5. The van der Waals surface area contributed by atoms with Gasteiger partial charge in [-0.1, -0.05) is 6.07 Å². The number of aromatic nitrogens is 4. The van der Waals surface area contributed by atoms with Crippen molar-refractivity contribution in [2.24, 2.45) is 7.05 Å². The molecule has 10 heteroatoms. The minimum atomic E-state index is -4.81. The molecule has 0 saturated carbocycles. The lowest BCUT2D eigenvalue weighted by atomic mass is 10.1. The SMILES string of the molecule is Cc1cccnc1-c1nsc2ccc(-n3c(=O)cc(C(F)(F)F)n(C)c3=O)cc12. The lowest BCUT2D eigenvalue weighted by Crippen LogP contribution is -2.40. The van der Waals surface area contributed by atoms with Gasteiger partial charge in [0.2, 0.25) is 0 Å². The van der Waals surface area contributed by atoms with Crippen molar-refractivity contribution in [3.05, 3.63) is 74.7 Å². The molecule has 148 valence electrons. The zero-order valence-corrected chi connectivity index (χ0v) is 16.0. The summed E-state index contributed by atoms with van der Waals surface area (Å²) in [5.41, 5.74) is -1.14. The van der Waals surface area contributed by atoms with Gasteiger partial charge in [-0.25, -0.2) is 9.36 Å². The van der Waals surface area contributed by atoms with E-state index in [1.165, 1.54) is 17.6 Å². The van der Waals surface area contributed by atoms with Gasteiger partial charge in [0.25, 0.3) is 5.56 Å². The lowest BCUT2D eigenvalue weighted by molar-refractivity contribution is -0.144. The molecular weight excluding hydrogens is 405 g/mol. The summed E-state index contributed by atoms with van der Waals surface area (Å²) in [6, 6.07) is 8.84. The number of halogens is 3. The van der Waals surface area contributed by atoms with Crippen molar-refractivity contribution in [2.45, 2.75) is 13.1 Å². The zero-order valence-electron chi connectivity index (χ0n) is 15.2. The third-order valence-electron chi connectivity index (χ3n) is 4.56. The molecule has 0 N–H and O–H groups in total. The summed E-state index contributed by atoms with van der Waals surface area (Å²) in [6.07, 6.45) is -3.18. The second-order valence-electron chi connectivity index (χ2n) is 6.42. The van der Waals surface area contributed by atoms with Gasteiger partial charge in [-0.05, 0) is 48.3 Å². The van der Waals surface area contributed by atoms with E-state index in [1.54, 1.807) is 24.4 Å². The molecule has 0 saturated heterocycles. The number of benzene rings is 1. The van der Waals surface area contributed by atoms with Crippen molar-refractivity contribution in [3.8, 4) is 17.1 Å². The van der Waals surface area contributed by atoms with E-state index in [2.05, 4.69) is 9.36 Å². The van der Waals surface area contributed by atoms with Crippen LogP contribution in [0.5, 0.6) is 0 Å². The highest BCUT2D eigenvalue weighted by Crippen LogP contribution is 2.32. The summed E-state index contributed by atoms with van der Waals surface area (Å²) < 4.78 is 45.6. The number of fused-ring (bicyclic) bond motifs is 1. The number of alkyl halides is 3. The van der Waals surface area contributed by atoms with Crippen molar-refractivity contribution in [1.29, 1.82) is 0 Å².